The predicted molar refractivity (Wildman–Crippen MR) is 126 cm³/mol. The molecular formula is C25H46O4Si. The zero-order valence-corrected chi connectivity index (χ0v) is 21.9. The van der Waals surface area contributed by atoms with Crippen LogP contribution in [0.1, 0.15) is 79.6 Å². The van der Waals surface area contributed by atoms with E-state index in [0.717, 1.165) is 6.42 Å². The van der Waals surface area contributed by atoms with Crippen molar-refractivity contribution in [2.45, 2.75) is 104 Å². The summed E-state index contributed by atoms with van der Waals surface area (Å²) in [4.78, 5) is 11.7. The summed E-state index contributed by atoms with van der Waals surface area (Å²) in [5.74, 6) is 1.17. The Bertz CT molecular complexity index is 625. The van der Waals surface area contributed by atoms with Gasteiger partial charge in [-0.25, -0.2) is 4.79 Å². The maximum absolute atomic E-state index is 11.7. The number of hydrogen-bond donors (Lipinski definition) is 1. The number of aliphatic hydroxyl groups excluding tert-OH is 1. The van der Waals surface area contributed by atoms with Gasteiger partial charge in [0.25, 0.3) is 0 Å². The van der Waals surface area contributed by atoms with Crippen molar-refractivity contribution in [2.75, 3.05) is 7.11 Å². The van der Waals surface area contributed by atoms with Gasteiger partial charge in [-0.15, -0.1) is 0 Å². The number of aliphatic hydroxyl groups is 1. The molecule has 2 unspecified atom stereocenters. The van der Waals surface area contributed by atoms with Crippen LogP contribution in [0.5, 0.6) is 0 Å². The van der Waals surface area contributed by atoms with E-state index >= 15 is 0 Å². The van der Waals surface area contributed by atoms with Crippen molar-refractivity contribution in [3.05, 3.63) is 12.2 Å². The smallest absolute Gasteiger partial charge is 0.333 e. The minimum absolute atomic E-state index is 0.138. The van der Waals surface area contributed by atoms with Gasteiger partial charge in [0.2, 0.25) is 0 Å². The summed E-state index contributed by atoms with van der Waals surface area (Å²) >= 11 is 0. The molecule has 4 nitrogen and oxygen atoms in total. The number of fused-ring (bicyclic) bond motifs is 1. The van der Waals surface area contributed by atoms with Crippen LogP contribution >= 0.6 is 0 Å². The molecule has 0 saturated heterocycles. The molecule has 0 bridgehead atoms. The van der Waals surface area contributed by atoms with Gasteiger partial charge < -0.3 is 14.3 Å². The maximum Gasteiger partial charge on any atom is 0.333 e. The first kappa shape index (κ1) is 25.6. The zero-order valence-electron chi connectivity index (χ0n) is 20.7. The maximum atomic E-state index is 11.7. The summed E-state index contributed by atoms with van der Waals surface area (Å²) < 4.78 is 11.7. The van der Waals surface area contributed by atoms with Crippen molar-refractivity contribution in [3.8, 4) is 0 Å². The van der Waals surface area contributed by atoms with Crippen LogP contribution in [0.4, 0.5) is 0 Å². The highest BCUT2D eigenvalue weighted by molar-refractivity contribution is 6.48. The summed E-state index contributed by atoms with van der Waals surface area (Å²) in [6.45, 7) is 20.3. The van der Waals surface area contributed by atoms with Gasteiger partial charge >= 0.3 is 5.97 Å². The van der Waals surface area contributed by atoms with Crippen LogP contribution in [0.3, 0.4) is 0 Å². The van der Waals surface area contributed by atoms with Crippen molar-refractivity contribution in [3.63, 3.8) is 0 Å². The number of rotatable bonds is 8. The number of methoxy groups -OCH3 is 1. The van der Waals surface area contributed by atoms with E-state index in [9.17, 15) is 9.90 Å². The first-order valence-electron chi connectivity index (χ1n) is 11.9. The second kappa shape index (κ2) is 9.46. The standard InChI is InChI=1S/C25H46O4Si/c1-17(22(27)28-7)15-19(26)16-18(2)25(29-30(8)9)14-12-21-20(23(3,4)5)11-10-13-24(21,25)6/h18-21,26,30H,1,10-16H2,2-9H3/t18-,19+,20?,21?,24-,25-/m1/s1. The van der Waals surface area contributed by atoms with Gasteiger partial charge in [-0.2, -0.15) is 0 Å². The summed E-state index contributed by atoms with van der Waals surface area (Å²) in [6.07, 6.45) is 6.36. The summed E-state index contributed by atoms with van der Waals surface area (Å²) in [5.41, 5.74) is 0.596. The number of esters is 1. The minimum atomic E-state index is -1.29. The van der Waals surface area contributed by atoms with Crippen molar-refractivity contribution in [1.82, 2.24) is 0 Å². The van der Waals surface area contributed by atoms with Crippen LogP contribution in [-0.2, 0) is 14.0 Å². The fourth-order valence-electron chi connectivity index (χ4n) is 6.99. The van der Waals surface area contributed by atoms with Crippen molar-refractivity contribution in [2.24, 2.45) is 28.6 Å². The van der Waals surface area contributed by atoms with E-state index in [1.165, 1.54) is 32.8 Å². The molecule has 2 rings (SSSR count). The van der Waals surface area contributed by atoms with Gasteiger partial charge in [0, 0.05) is 12.0 Å². The fourth-order valence-corrected chi connectivity index (χ4v) is 8.45. The fraction of sp³-hybridized carbons (Fsp3) is 0.880. The Balaban J connectivity index is 2.29. The molecule has 0 aliphatic heterocycles. The largest absolute Gasteiger partial charge is 0.466 e. The molecule has 0 aromatic rings. The van der Waals surface area contributed by atoms with Crippen LogP contribution < -0.4 is 0 Å². The molecule has 2 fully saturated rings. The third kappa shape index (κ3) is 4.88. The SMILES string of the molecule is C=C(C[C@H](O)C[C@@H](C)[C@]1(O[SiH](C)C)CCC2C(C(C)(C)C)CCC[C@]21C)C(=O)OC. The second-order valence-electron chi connectivity index (χ2n) is 11.6. The molecule has 0 heterocycles. The highest BCUT2D eigenvalue weighted by Gasteiger charge is 2.63. The topological polar surface area (TPSA) is 55.8 Å². The van der Waals surface area contributed by atoms with Crippen molar-refractivity contribution in [1.29, 1.82) is 0 Å². The molecule has 0 aromatic carbocycles. The molecule has 6 atom stereocenters. The minimum Gasteiger partial charge on any atom is -0.466 e. The third-order valence-electron chi connectivity index (χ3n) is 8.24. The van der Waals surface area contributed by atoms with Gasteiger partial charge in [0.1, 0.15) is 0 Å². The molecule has 174 valence electrons. The highest BCUT2D eigenvalue weighted by atomic mass is 28.3. The highest BCUT2D eigenvalue weighted by Crippen LogP contribution is 2.66. The van der Waals surface area contributed by atoms with E-state index < -0.39 is 21.1 Å². The van der Waals surface area contributed by atoms with Gasteiger partial charge in [-0.3, -0.25) is 0 Å². The second-order valence-corrected chi connectivity index (χ2v) is 13.9. The Hall–Kier alpha value is -0.653. The molecule has 2 saturated carbocycles. The van der Waals surface area contributed by atoms with Gasteiger partial charge in [0.15, 0.2) is 9.04 Å². The molecule has 0 radical (unpaired) electrons. The van der Waals surface area contributed by atoms with Crippen molar-refractivity contribution >= 4 is 15.0 Å². The average molecular weight is 439 g/mol. The van der Waals surface area contributed by atoms with Crippen LogP contribution in [-0.4, -0.2) is 38.9 Å². The lowest BCUT2D eigenvalue weighted by Crippen LogP contribution is -2.57. The van der Waals surface area contributed by atoms with E-state index in [4.69, 9.17) is 9.16 Å². The third-order valence-corrected chi connectivity index (χ3v) is 9.14. The van der Waals surface area contributed by atoms with Crippen molar-refractivity contribution < 1.29 is 19.1 Å². The first-order valence-corrected chi connectivity index (χ1v) is 14.7. The molecule has 30 heavy (non-hydrogen) atoms. The molecular weight excluding hydrogens is 392 g/mol. The van der Waals surface area contributed by atoms with Crippen LogP contribution in [0.2, 0.25) is 13.1 Å². The molecule has 5 heteroatoms. The van der Waals surface area contributed by atoms with Crippen LogP contribution in [0, 0.1) is 28.6 Å². The Morgan fingerprint density at radius 1 is 1.27 bits per heavy atom. The van der Waals surface area contributed by atoms with E-state index in [1.54, 1.807) is 0 Å². The Morgan fingerprint density at radius 3 is 2.43 bits per heavy atom. The molecule has 2 aliphatic rings. The monoisotopic (exact) mass is 438 g/mol. The summed E-state index contributed by atoms with van der Waals surface area (Å²) in [5, 5.41) is 10.8. The molecule has 1 N–H and O–H groups in total. The number of carbonyl (C=O) groups is 1. The Morgan fingerprint density at radius 2 is 1.90 bits per heavy atom. The Kier molecular flexibility index (Phi) is 8.07. The molecule has 0 spiro atoms. The lowest BCUT2D eigenvalue weighted by Gasteiger charge is -2.56. The van der Waals surface area contributed by atoms with Crippen LogP contribution in [0.15, 0.2) is 12.2 Å². The molecule has 0 aromatic heterocycles. The molecule has 0 amide bonds. The van der Waals surface area contributed by atoms with E-state index in [2.05, 4.69) is 54.3 Å². The van der Waals surface area contributed by atoms with E-state index in [0.29, 0.717) is 29.2 Å². The summed E-state index contributed by atoms with van der Waals surface area (Å²) in [7, 11) is 0.0659. The van der Waals surface area contributed by atoms with Gasteiger partial charge in [-0.1, -0.05) is 47.6 Å². The van der Waals surface area contributed by atoms with Crippen LogP contribution in [0.25, 0.3) is 0 Å². The number of ether oxygens (including phenoxy) is 1. The number of carbonyl (C=O) groups excluding carboxylic acids is 1. The van der Waals surface area contributed by atoms with Gasteiger partial charge in [0.05, 0.1) is 18.8 Å². The lowest BCUT2D eigenvalue weighted by molar-refractivity contribution is -0.137. The van der Waals surface area contributed by atoms with Gasteiger partial charge in [-0.05, 0) is 73.8 Å². The van der Waals surface area contributed by atoms with E-state index in [-0.39, 0.29) is 23.4 Å². The average Bonchev–Trinajstić information content (AvgIpc) is 2.92. The van der Waals surface area contributed by atoms with E-state index in [1.807, 2.05) is 0 Å². The summed E-state index contributed by atoms with van der Waals surface area (Å²) in [6, 6.07) is 0. The quantitative estimate of drug-likeness (QED) is 0.309. The lowest BCUT2D eigenvalue weighted by atomic mass is 9.53. The first-order chi connectivity index (χ1) is 13.8. The normalized spacial score (nSPS) is 33.8. The Labute approximate surface area is 186 Å². The number of hydrogen-bond acceptors (Lipinski definition) is 4. The molecule has 2 aliphatic carbocycles. The zero-order chi connectivity index (χ0) is 22.9. The predicted octanol–water partition coefficient (Wildman–Crippen LogP) is 5.49.